The Kier molecular flexibility index (Phi) is 5.45. The monoisotopic (exact) mass is 372 g/mol. The van der Waals surface area contributed by atoms with Gasteiger partial charge in [-0.3, -0.25) is 0 Å². The van der Waals surface area contributed by atoms with Crippen LogP contribution in [0.15, 0.2) is 78.9 Å². The molecule has 0 amide bonds. The lowest BCUT2D eigenvalue weighted by Crippen LogP contribution is -2.26. The Morgan fingerprint density at radius 1 is 0.692 bits per heavy atom. The molecule has 0 bridgehead atoms. The van der Waals surface area contributed by atoms with E-state index in [2.05, 4.69) is 105 Å². The van der Waals surface area contributed by atoms with E-state index in [0.717, 1.165) is 10.2 Å². The highest BCUT2D eigenvalue weighted by Gasteiger charge is 2.27. The molecule has 2 heteroatoms. The van der Waals surface area contributed by atoms with Crippen LogP contribution in [0.3, 0.4) is 0 Å². The van der Waals surface area contributed by atoms with Gasteiger partial charge in [-0.15, -0.1) is 0 Å². The zero-order valence-corrected chi connectivity index (χ0v) is 19.5. The molecule has 0 unspecified atom stereocenters. The van der Waals surface area contributed by atoms with Gasteiger partial charge in [0, 0.05) is 10.2 Å². The number of hydrogen-bond acceptors (Lipinski definition) is 0. The molecule has 0 radical (unpaired) electrons. The summed E-state index contributed by atoms with van der Waals surface area (Å²) >= 11 is 0. The molecule has 3 aromatic rings. The Morgan fingerprint density at radius 2 is 1.23 bits per heavy atom. The van der Waals surface area contributed by atoms with Crippen molar-refractivity contribution in [3.63, 3.8) is 0 Å². The Hall–Kier alpha value is -2.17. The normalized spacial score (nSPS) is 12.8. The van der Waals surface area contributed by atoms with Crippen LogP contribution in [0.25, 0.3) is 10.8 Å². The molecule has 26 heavy (non-hydrogen) atoms. The van der Waals surface area contributed by atoms with Gasteiger partial charge >= 0.3 is 0 Å². The standard InChI is InChI=1S/C24H28Si2/c1-18-12-8-9-15-20(18)23(21-16-10-11-17-22(21)25)24(26(2,3)4)19-13-6-5-7-14-19/h5-17H,1-4,25H3. The zero-order valence-electron chi connectivity index (χ0n) is 16.5. The average Bonchev–Trinajstić information content (AvgIpc) is 2.61. The Morgan fingerprint density at radius 3 is 1.81 bits per heavy atom. The lowest BCUT2D eigenvalue weighted by atomic mass is 9.92. The van der Waals surface area contributed by atoms with E-state index in [-0.39, 0.29) is 0 Å². The second kappa shape index (κ2) is 7.60. The van der Waals surface area contributed by atoms with Crippen LogP contribution in [0, 0.1) is 6.92 Å². The largest absolute Gasteiger partial charge is 0.0792 e. The fourth-order valence-electron chi connectivity index (χ4n) is 3.68. The second-order valence-corrected chi connectivity index (χ2v) is 14.1. The minimum absolute atomic E-state index is 1.05. The number of aryl methyl sites for hydroxylation is 1. The van der Waals surface area contributed by atoms with Crippen LogP contribution < -0.4 is 5.19 Å². The highest BCUT2D eigenvalue weighted by atomic mass is 28.3. The smallest absolute Gasteiger partial charge is 0.0656 e. The molecule has 0 aliphatic rings. The molecule has 0 atom stereocenters. The van der Waals surface area contributed by atoms with E-state index in [0.29, 0.717) is 0 Å². The molecular formula is C24H28Si2. The van der Waals surface area contributed by atoms with E-state index in [1.807, 2.05) is 0 Å². The van der Waals surface area contributed by atoms with Crippen LogP contribution in [-0.4, -0.2) is 18.3 Å². The van der Waals surface area contributed by atoms with Crippen molar-refractivity contribution in [1.29, 1.82) is 0 Å². The van der Waals surface area contributed by atoms with Gasteiger partial charge in [-0.1, -0.05) is 104 Å². The third kappa shape index (κ3) is 3.82. The summed E-state index contributed by atoms with van der Waals surface area (Å²) in [5.41, 5.74) is 6.94. The molecule has 0 N–H and O–H groups in total. The molecule has 132 valence electrons. The van der Waals surface area contributed by atoms with Crippen LogP contribution in [0.5, 0.6) is 0 Å². The van der Waals surface area contributed by atoms with E-state index < -0.39 is 8.07 Å². The fourth-order valence-corrected chi connectivity index (χ4v) is 6.34. The minimum atomic E-state index is -1.61. The van der Waals surface area contributed by atoms with E-state index in [4.69, 9.17) is 0 Å². The fraction of sp³-hybridized carbons (Fsp3) is 0.167. The van der Waals surface area contributed by atoms with Crippen molar-refractivity contribution >= 4 is 34.3 Å². The van der Waals surface area contributed by atoms with Crippen molar-refractivity contribution in [2.75, 3.05) is 0 Å². The maximum Gasteiger partial charge on any atom is 0.0792 e. The highest BCUT2D eigenvalue weighted by molar-refractivity contribution is 6.95. The number of rotatable bonds is 4. The van der Waals surface area contributed by atoms with E-state index in [1.165, 1.54) is 33.0 Å². The number of hydrogen-bond donors (Lipinski definition) is 0. The first kappa shape index (κ1) is 18.6. The maximum atomic E-state index is 2.46. The molecule has 0 aromatic heterocycles. The van der Waals surface area contributed by atoms with Crippen LogP contribution in [0.4, 0.5) is 0 Å². The second-order valence-electron chi connectivity index (χ2n) is 8.00. The molecule has 3 rings (SSSR count). The lowest BCUT2D eigenvalue weighted by molar-refractivity contribution is 1.42. The van der Waals surface area contributed by atoms with Gasteiger partial charge in [0.1, 0.15) is 0 Å². The summed E-state index contributed by atoms with van der Waals surface area (Å²) in [5, 5.41) is 3.02. The van der Waals surface area contributed by atoms with Crippen LogP contribution in [-0.2, 0) is 0 Å². The molecule has 0 heterocycles. The zero-order chi connectivity index (χ0) is 18.7. The quantitative estimate of drug-likeness (QED) is 0.455. The Bertz CT molecular complexity index is 884. The molecule has 0 aliphatic carbocycles. The molecule has 0 saturated heterocycles. The summed E-state index contributed by atoms with van der Waals surface area (Å²) in [6.45, 7) is 9.62. The first-order valence-corrected chi connectivity index (χ1v) is 13.8. The molecule has 3 aromatic carbocycles. The molecular weight excluding hydrogens is 344 g/mol. The van der Waals surface area contributed by atoms with Crippen molar-refractivity contribution in [2.45, 2.75) is 26.6 Å². The summed E-state index contributed by atoms with van der Waals surface area (Å²) in [6.07, 6.45) is 0. The molecule has 0 aliphatic heterocycles. The van der Waals surface area contributed by atoms with Gasteiger partial charge in [-0.2, -0.15) is 0 Å². The van der Waals surface area contributed by atoms with Crippen molar-refractivity contribution < 1.29 is 0 Å². The minimum Gasteiger partial charge on any atom is -0.0656 e. The topological polar surface area (TPSA) is 0 Å². The van der Waals surface area contributed by atoms with Crippen molar-refractivity contribution in [1.82, 2.24) is 0 Å². The predicted molar refractivity (Wildman–Crippen MR) is 123 cm³/mol. The van der Waals surface area contributed by atoms with Crippen LogP contribution in [0.2, 0.25) is 19.6 Å². The highest BCUT2D eigenvalue weighted by Crippen LogP contribution is 2.38. The molecule has 0 nitrogen and oxygen atoms in total. The predicted octanol–water partition coefficient (Wildman–Crippen LogP) is 4.82. The summed E-state index contributed by atoms with van der Waals surface area (Å²) < 4.78 is 0. The third-order valence-corrected chi connectivity index (χ3v) is 7.80. The van der Waals surface area contributed by atoms with E-state index in [9.17, 15) is 0 Å². The van der Waals surface area contributed by atoms with E-state index >= 15 is 0 Å². The van der Waals surface area contributed by atoms with Gasteiger partial charge < -0.3 is 0 Å². The van der Waals surface area contributed by atoms with Gasteiger partial charge in [0.15, 0.2) is 0 Å². The first-order valence-electron chi connectivity index (χ1n) is 9.32. The number of benzene rings is 3. The van der Waals surface area contributed by atoms with Crippen molar-refractivity contribution in [3.05, 3.63) is 101 Å². The van der Waals surface area contributed by atoms with Crippen molar-refractivity contribution in [2.24, 2.45) is 0 Å². The summed E-state index contributed by atoms with van der Waals surface area (Å²) in [4.78, 5) is 0. The first-order chi connectivity index (χ1) is 12.4. The van der Waals surface area contributed by atoms with Crippen molar-refractivity contribution in [3.8, 4) is 0 Å². The van der Waals surface area contributed by atoms with Gasteiger partial charge in [-0.25, -0.2) is 0 Å². The van der Waals surface area contributed by atoms with Gasteiger partial charge in [0.25, 0.3) is 0 Å². The summed E-state index contributed by atoms with van der Waals surface area (Å²) in [7, 11) is -0.558. The van der Waals surface area contributed by atoms with E-state index in [1.54, 1.807) is 5.20 Å². The Balaban J connectivity index is 2.47. The third-order valence-electron chi connectivity index (χ3n) is 4.89. The SMILES string of the molecule is Cc1ccccc1C(=C(c1ccccc1)[Si](C)(C)C)c1ccccc1[SiH3]. The van der Waals surface area contributed by atoms with Crippen LogP contribution in [0.1, 0.15) is 22.3 Å². The Labute approximate surface area is 162 Å². The van der Waals surface area contributed by atoms with Gasteiger partial charge in [-0.05, 0) is 39.9 Å². The molecule has 0 saturated carbocycles. The summed E-state index contributed by atoms with van der Waals surface area (Å²) in [6, 6.07) is 28.8. The van der Waals surface area contributed by atoms with Gasteiger partial charge in [0.05, 0.1) is 8.07 Å². The van der Waals surface area contributed by atoms with Gasteiger partial charge in [0.2, 0.25) is 0 Å². The summed E-state index contributed by atoms with van der Waals surface area (Å²) in [5.74, 6) is 0. The average molecular weight is 373 g/mol. The molecule has 0 spiro atoms. The van der Waals surface area contributed by atoms with Crippen LogP contribution >= 0.6 is 0 Å². The maximum absolute atomic E-state index is 2.46. The lowest BCUT2D eigenvalue weighted by Gasteiger charge is -2.28. The molecule has 0 fully saturated rings.